The van der Waals surface area contributed by atoms with Gasteiger partial charge in [-0.2, -0.15) is 0 Å². The summed E-state index contributed by atoms with van der Waals surface area (Å²) in [6.45, 7) is 3.83. The molecule has 0 aromatic carbocycles. The number of amides is 1. The number of carbonyl (C=O) groups excluding carboxylic acids is 1. The van der Waals surface area contributed by atoms with E-state index in [1.807, 2.05) is 0 Å². The van der Waals surface area contributed by atoms with Gasteiger partial charge < -0.3 is 10.6 Å². The number of rotatable bonds is 5. The fraction of sp³-hybridized carbons (Fsp3) is 0.750. The van der Waals surface area contributed by atoms with E-state index in [9.17, 15) is 4.79 Å². The van der Waals surface area contributed by atoms with Crippen LogP contribution in [0.25, 0.3) is 0 Å². The van der Waals surface area contributed by atoms with Crippen LogP contribution in [0.2, 0.25) is 0 Å². The maximum absolute atomic E-state index is 12.0. The highest BCUT2D eigenvalue weighted by atomic mass is 32.1. The van der Waals surface area contributed by atoms with Crippen LogP contribution in [0.4, 0.5) is 0 Å². The zero-order valence-corrected chi connectivity index (χ0v) is 11.6. The summed E-state index contributed by atoms with van der Waals surface area (Å²) >= 11 is 1.19. The van der Waals surface area contributed by atoms with E-state index in [0.717, 1.165) is 31.5 Å². The first kappa shape index (κ1) is 13.4. The van der Waals surface area contributed by atoms with E-state index in [-0.39, 0.29) is 5.91 Å². The Bertz CT molecular complexity index is 387. The summed E-state index contributed by atoms with van der Waals surface area (Å²) < 4.78 is 3.87. The SMILES string of the molecule is CCCc1nnsc1C(=O)NCC1CCCCN1. The first-order chi connectivity index (χ1) is 8.81. The molecular weight excluding hydrogens is 248 g/mol. The Balaban J connectivity index is 1.84. The molecule has 100 valence electrons. The number of aromatic nitrogens is 2. The van der Waals surface area contributed by atoms with Gasteiger partial charge in [0.05, 0.1) is 5.69 Å². The van der Waals surface area contributed by atoms with Crippen molar-refractivity contribution in [2.75, 3.05) is 13.1 Å². The van der Waals surface area contributed by atoms with Crippen molar-refractivity contribution < 1.29 is 4.79 Å². The summed E-state index contributed by atoms with van der Waals surface area (Å²) in [5.74, 6) is -0.0270. The van der Waals surface area contributed by atoms with E-state index in [2.05, 4.69) is 27.1 Å². The van der Waals surface area contributed by atoms with Crippen LogP contribution in [0.15, 0.2) is 0 Å². The molecule has 1 atom stereocenters. The number of carbonyl (C=O) groups is 1. The van der Waals surface area contributed by atoms with E-state index >= 15 is 0 Å². The fourth-order valence-corrected chi connectivity index (χ4v) is 2.80. The topological polar surface area (TPSA) is 66.9 Å². The molecular formula is C12H20N4OS. The van der Waals surface area contributed by atoms with Crippen molar-refractivity contribution >= 4 is 17.4 Å². The highest BCUT2D eigenvalue weighted by Crippen LogP contribution is 2.12. The number of hydrogen-bond donors (Lipinski definition) is 2. The molecule has 1 unspecified atom stereocenters. The molecule has 0 radical (unpaired) electrons. The summed E-state index contributed by atoms with van der Waals surface area (Å²) in [4.78, 5) is 12.7. The molecule has 0 aliphatic carbocycles. The second kappa shape index (κ2) is 6.80. The number of piperidine rings is 1. The first-order valence-electron chi connectivity index (χ1n) is 6.64. The fourth-order valence-electron chi connectivity index (χ4n) is 2.18. The lowest BCUT2D eigenvalue weighted by atomic mass is 10.1. The van der Waals surface area contributed by atoms with Crippen LogP contribution in [0, 0.1) is 0 Å². The number of nitrogens with one attached hydrogen (secondary N) is 2. The Hall–Kier alpha value is -1.01. The molecule has 1 fully saturated rings. The molecule has 1 aromatic rings. The summed E-state index contributed by atoms with van der Waals surface area (Å²) in [7, 11) is 0. The van der Waals surface area contributed by atoms with Crippen LogP contribution in [0.3, 0.4) is 0 Å². The van der Waals surface area contributed by atoms with Crippen LogP contribution < -0.4 is 10.6 Å². The van der Waals surface area contributed by atoms with Crippen molar-refractivity contribution in [3.63, 3.8) is 0 Å². The molecule has 1 aliphatic rings. The molecule has 2 heterocycles. The number of hydrogen-bond acceptors (Lipinski definition) is 5. The van der Waals surface area contributed by atoms with Gasteiger partial charge in [-0.25, -0.2) is 0 Å². The van der Waals surface area contributed by atoms with Gasteiger partial charge in [-0.15, -0.1) is 5.10 Å². The van der Waals surface area contributed by atoms with E-state index in [1.54, 1.807) is 0 Å². The molecule has 0 bridgehead atoms. The van der Waals surface area contributed by atoms with Gasteiger partial charge in [0.15, 0.2) is 0 Å². The highest BCUT2D eigenvalue weighted by molar-refractivity contribution is 7.08. The first-order valence-corrected chi connectivity index (χ1v) is 7.41. The van der Waals surface area contributed by atoms with E-state index in [4.69, 9.17) is 0 Å². The van der Waals surface area contributed by atoms with Gasteiger partial charge in [0.1, 0.15) is 4.88 Å². The summed E-state index contributed by atoms with van der Waals surface area (Å²) in [5.41, 5.74) is 0.830. The number of nitrogens with zero attached hydrogens (tertiary/aromatic N) is 2. The minimum Gasteiger partial charge on any atom is -0.350 e. The molecule has 1 aliphatic heterocycles. The van der Waals surface area contributed by atoms with Crippen molar-refractivity contribution in [2.24, 2.45) is 0 Å². The minimum atomic E-state index is -0.0270. The quantitative estimate of drug-likeness (QED) is 0.846. The molecule has 6 heteroatoms. The average molecular weight is 268 g/mol. The van der Waals surface area contributed by atoms with Crippen molar-refractivity contribution in [1.29, 1.82) is 0 Å². The largest absolute Gasteiger partial charge is 0.350 e. The normalized spacial score (nSPS) is 19.7. The van der Waals surface area contributed by atoms with Gasteiger partial charge in [0.2, 0.25) is 0 Å². The molecule has 2 N–H and O–H groups in total. The number of aryl methyl sites for hydroxylation is 1. The van der Waals surface area contributed by atoms with E-state index < -0.39 is 0 Å². The predicted octanol–water partition coefficient (Wildman–Crippen LogP) is 1.36. The molecule has 18 heavy (non-hydrogen) atoms. The van der Waals surface area contributed by atoms with Gasteiger partial charge in [0, 0.05) is 12.6 Å². The van der Waals surface area contributed by atoms with E-state index in [1.165, 1.54) is 24.4 Å². The molecule has 2 rings (SSSR count). The third kappa shape index (κ3) is 3.49. The van der Waals surface area contributed by atoms with Crippen LogP contribution in [0.1, 0.15) is 48.0 Å². The lowest BCUT2D eigenvalue weighted by Gasteiger charge is -2.23. The molecule has 1 aromatic heterocycles. The monoisotopic (exact) mass is 268 g/mol. The Labute approximate surface area is 112 Å². The van der Waals surface area contributed by atoms with Crippen LogP contribution in [-0.2, 0) is 6.42 Å². The smallest absolute Gasteiger partial charge is 0.265 e. The maximum Gasteiger partial charge on any atom is 0.265 e. The van der Waals surface area contributed by atoms with Crippen molar-refractivity contribution in [1.82, 2.24) is 20.2 Å². The van der Waals surface area contributed by atoms with Gasteiger partial charge in [-0.1, -0.05) is 24.3 Å². The van der Waals surface area contributed by atoms with E-state index in [0.29, 0.717) is 17.5 Å². The van der Waals surface area contributed by atoms with Gasteiger partial charge in [0.25, 0.3) is 5.91 Å². The second-order valence-electron chi connectivity index (χ2n) is 4.66. The van der Waals surface area contributed by atoms with Crippen molar-refractivity contribution in [3.8, 4) is 0 Å². The zero-order chi connectivity index (χ0) is 12.8. The predicted molar refractivity (Wildman–Crippen MR) is 71.9 cm³/mol. The maximum atomic E-state index is 12.0. The Morgan fingerprint density at radius 3 is 3.17 bits per heavy atom. The molecule has 0 saturated carbocycles. The summed E-state index contributed by atoms with van der Waals surface area (Å²) in [6, 6.07) is 0.415. The molecule has 5 nitrogen and oxygen atoms in total. The minimum absolute atomic E-state index is 0.0270. The van der Waals surface area contributed by atoms with Crippen molar-refractivity contribution in [3.05, 3.63) is 10.6 Å². The third-order valence-electron chi connectivity index (χ3n) is 3.17. The summed E-state index contributed by atoms with van der Waals surface area (Å²) in [5, 5.41) is 10.4. The second-order valence-corrected chi connectivity index (χ2v) is 5.41. The lowest BCUT2D eigenvalue weighted by Crippen LogP contribution is -2.43. The zero-order valence-electron chi connectivity index (χ0n) is 10.7. The van der Waals surface area contributed by atoms with Crippen LogP contribution >= 0.6 is 11.5 Å². The van der Waals surface area contributed by atoms with Gasteiger partial charge >= 0.3 is 0 Å². The standard InChI is InChI=1S/C12H20N4OS/c1-2-5-10-11(18-16-15-10)12(17)14-8-9-6-3-4-7-13-9/h9,13H,2-8H2,1H3,(H,14,17). The summed E-state index contributed by atoms with van der Waals surface area (Å²) in [6.07, 6.45) is 5.43. The Morgan fingerprint density at radius 1 is 1.56 bits per heavy atom. The van der Waals surface area contributed by atoms with Crippen LogP contribution in [0.5, 0.6) is 0 Å². The van der Waals surface area contributed by atoms with Crippen LogP contribution in [-0.4, -0.2) is 34.6 Å². The lowest BCUT2D eigenvalue weighted by molar-refractivity contribution is 0.0950. The average Bonchev–Trinajstić information content (AvgIpc) is 2.86. The third-order valence-corrected chi connectivity index (χ3v) is 3.94. The van der Waals surface area contributed by atoms with Gasteiger partial charge in [-0.3, -0.25) is 4.79 Å². The Morgan fingerprint density at radius 2 is 2.44 bits per heavy atom. The molecule has 1 saturated heterocycles. The highest BCUT2D eigenvalue weighted by Gasteiger charge is 2.18. The van der Waals surface area contributed by atoms with Crippen molar-refractivity contribution in [2.45, 2.75) is 45.1 Å². The molecule has 0 spiro atoms. The van der Waals surface area contributed by atoms with Gasteiger partial charge in [-0.05, 0) is 37.3 Å². The Kier molecular flexibility index (Phi) is 5.07. The molecule has 1 amide bonds.